The van der Waals surface area contributed by atoms with Crippen molar-refractivity contribution in [2.45, 2.75) is 19.1 Å². The largest absolute Gasteiger partial charge is 0.507 e. The Morgan fingerprint density at radius 1 is 0.939 bits per heavy atom. The molecule has 0 radical (unpaired) electrons. The molecule has 8 heteroatoms. The van der Waals surface area contributed by atoms with Gasteiger partial charge in [0, 0.05) is 11.3 Å². The Morgan fingerprint density at radius 3 is 2.18 bits per heavy atom. The van der Waals surface area contributed by atoms with Gasteiger partial charge in [-0.2, -0.15) is 13.2 Å². The summed E-state index contributed by atoms with van der Waals surface area (Å²) in [5, 5.41) is 11.0. The lowest BCUT2D eigenvalue weighted by Crippen LogP contribution is -2.29. The number of aliphatic hydroxyl groups excluding tert-OH is 1. The van der Waals surface area contributed by atoms with Crippen LogP contribution >= 0.6 is 0 Å². The van der Waals surface area contributed by atoms with E-state index < -0.39 is 41.0 Å². The highest BCUT2D eigenvalue weighted by atomic mass is 19.4. The lowest BCUT2D eigenvalue weighted by atomic mass is 9.95. The van der Waals surface area contributed by atoms with E-state index in [-0.39, 0.29) is 22.4 Å². The second-order valence-corrected chi connectivity index (χ2v) is 7.63. The average molecular weight is 455 g/mol. The number of halogens is 4. The van der Waals surface area contributed by atoms with Crippen LogP contribution < -0.4 is 4.90 Å². The second kappa shape index (κ2) is 8.20. The molecule has 1 aliphatic heterocycles. The number of aliphatic hydroxyl groups is 1. The minimum atomic E-state index is -4.67. The molecule has 0 bridgehead atoms. The number of amides is 1. The predicted molar refractivity (Wildman–Crippen MR) is 114 cm³/mol. The van der Waals surface area contributed by atoms with Crippen LogP contribution in [0.5, 0.6) is 0 Å². The standard InChI is InChI=1S/C25H17F4NO3/c1-14-5-7-16(8-6-14)22(31)20-21(15-9-11-18(26)12-10-15)30(24(33)23(20)32)19-4-2-3-17(13-19)25(27,28)29/h2-13,21,31H,1H3/t21-/m0/s1. The first-order chi connectivity index (χ1) is 15.6. The van der Waals surface area contributed by atoms with Gasteiger partial charge in [-0.1, -0.05) is 48.0 Å². The predicted octanol–water partition coefficient (Wildman–Crippen LogP) is 5.78. The third-order valence-electron chi connectivity index (χ3n) is 5.41. The van der Waals surface area contributed by atoms with Crippen LogP contribution in [0, 0.1) is 12.7 Å². The number of benzene rings is 3. The molecule has 3 aromatic carbocycles. The van der Waals surface area contributed by atoms with Crippen molar-refractivity contribution in [1.82, 2.24) is 0 Å². The molecule has 4 rings (SSSR count). The van der Waals surface area contributed by atoms with E-state index in [1.807, 2.05) is 6.92 Å². The topological polar surface area (TPSA) is 57.6 Å². The van der Waals surface area contributed by atoms with Crippen LogP contribution in [0.1, 0.15) is 28.3 Å². The van der Waals surface area contributed by atoms with Crippen molar-refractivity contribution in [2.75, 3.05) is 4.90 Å². The highest BCUT2D eigenvalue weighted by molar-refractivity contribution is 6.51. The highest BCUT2D eigenvalue weighted by Crippen LogP contribution is 2.43. The fourth-order valence-electron chi connectivity index (χ4n) is 3.76. The zero-order valence-corrected chi connectivity index (χ0v) is 17.2. The van der Waals surface area contributed by atoms with Crippen molar-refractivity contribution in [3.63, 3.8) is 0 Å². The van der Waals surface area contributed by atoms with Crippen molar-refractivity contribution < 1.29 is 32.3 Å². The third-order valence-corrected chi connectivity index (χ3v) is 5.41. The summed E-state index contributed by atoms with van der Waals surface area (Å²) in [6.07, 6.45) is -4.67. The van der Waals surface area contributed by atoms with Crippen LogP contribution in [-0.2, 0) is 15.8 Å². The Hall–Kier alpha value is -3.94. The molecular weight excluding hydrogens is 438 g/mol. The van der Waals surface area contributed by atoms with Gasteiger partial charge in [-0.3, -0.25) is 14.5 Å². The molecule has 1 saturated heterocycles. The summed E-state index contributed by atoms with van der Waals surface area (Å²) in [4.78, 5) is 26.9. The van der Waals surface area contributed by atoms with E-state index in [4.69, 9.17) is 0 Å². The Bertz CT molecular complexity index is 1260. The zero-order valence-electron chi connectivity index (χ0n) is 17.2. The highest BCUT2D eigenvalue weighted by Gasteiger charge is 2.47. The first kappa shape index (κ1) is 22.3. The normalized spacial score (nSPS) is 18.1. The average Bonchev–Trinajstić information content (AvgIpc) is 3.04. The van der Waals surface area contributed by atoms with Crippen molar-refractivity contribution in [2.24, 2.45) is 0 Å². The monoisotopic (exact) mass is 455 g/mol. The quantitative estimate of drug-likeness (QED) is 0.236. The maximum atomic E-state index is 13.6. The maximum absolute atomic E-state index is 13.6. The summed E-state index contributed by atoms with van der Waals surface area (Å²) in [5.41, 5.74) is -0.0714. The molecule has 0 saturated carbocycles. The summed E-state index contributed by atoms with van der Waals surface area (Å²) >= 11 is 0. The first-order valence-electron chi connectivity index (χ1n) is 9.88. The number of carbonyl (C=O) groups is 2. The van der Waals surface area contributed by atoms with Gasteiger partial charge in [0.25, 0.3) is 11.7 Å². The van der Waals surface area contributed by atoms with Gasteiger partial charge in [0.15, 0.2) is 0 Å². The molecule has 1 aliphatic rings. The van der Waals surface area contributed by atoms with Crippen LogP contribution in [0.2, 0.25) is 0 Å². The molecule has 168 valence electrons. The number of carbonyl (C=O) groups excluding carboxylic acids is 2. The Morgan fingerprint density at radius 2 is 1.58 bits per heavy atom. The summed E-state index contributed by atoms with van der Waals surface area (Å²) in [6.45, 7) is 1.83. The molecule has 1 fully saturated rings. The van der Waals surface area contributed by atoms with Crippen molar-refractivity contribution >= 4 is 23.1 Å². The van der Waals surface area contributed by atoms with Crippen LogP contribution in [0.4, 0.5) is 23.2 Å². The lowest BCUT2D eigenvalue weighted by molar-refractivity contribution is -0.137. The van der Waals surface area contributed by atoms with Gasteiger partial charge in [-0.25, -0.2) is 4.39 Å². The molecule has 3 aromatic rings. The maximum Gasteiger partial charge on any atom is 0.416 e. The minimum Gasteiger partial charge on any atom is -0.507 e. The molecule has 33 heavy (non-hydrogen) atoms. The van der Waals surface area contributed by atoms with E-state index in [1.54, 1.807) is 24.3 Å². The van der Waals surface area contributed by atoms with E-state index in [0.29, 0.717) is 0 Å². The van der Waals surface area contributed by atoms with E-state index in [2.05, 4.69) is 0 Å². The Kier molecular flexibility index (Phi) is 5.53. The molecule has 0 spiro atoms. The van der Waals surface area contributed by atoms with E-state index in [0.717, 1.165) is 40.8 Å². The first-order valence-corrected chi connectivity index (χ1v) is 9.88. The number of aryl methyl sites for hydroxylation is 1. The lowest BCUT2D eigenvalue weighted by Gasteiger charge is -2.26. The van der Waals surface area contributed by atoms with Gasteiger partial charge < -0.3 is 5.11 Å². The molecule has 1 amide bonds. The van der Waals surface area contributed by atoms with E-state index in [9.17, 15) is 32.3 Å². The Balaban J connectivity index is 1.94. The fraction of sp³-hybridized carbons (Fsp3) is 0.120. The van der Waals surface area contributed by atoms with Gasteiger partial charge in [-0.15, -0.1) is 0 Å². The number of hydrogen-bond donors (Lipinski definition) is 1. The third kappa shape index (κ3) is 4.11. The van der Waals surface area contributed by atoms with E-state index >= 15 is 0 Å². The number of ketones is 1. The Labute approximate surface area is 186 Å². The molecule has 1 N–H and O–H groups in total. The van der Waals surface area contributed by atoms with Gasteiger partial charge >= 0.3 is 6.18 Å². The summed E-state index contributed by atoms with van der Waals surface area (Å²) in [7, 11) is 0. The summed E-state index contributed by atoms with van der Waals surface area (Å²) in [5.74, 6) is -3.21. The molecular formula is C25H17F4NO3. The zero-order chi connectivity index (χ0) is 23.9. The summed E-state index contributed by atoms with van der Waals surface area (Å²) in [6, 6.07) is 14.1. The SMILES string of the molecule is Cc1ccc(C(O)=C2C(=O)C(=O)N(c3cccc(C(F)(F)F)c3)[C@H]2c2ccc(F)cc2)cc1. The fourth-order valence-corrected chi connectivity index (χ4v) is 3.76. The van der Waals surface area contributed by atoms with Gasteiger partial charge in [0.2, 0.25) is 0 Å². The number of Topliss-reactive ketones (excluding diaryl/α,β-unsaturated/α-hetero) is 1. The number of alkyl halides is 3. The van der Waals surface area contributed by atoms with E-state index in [1.165, 1.54) is 18.2 Å². The van der Waals surface area contributed by atoms with Gasteiger partial charge in [0.05, 0.1) is 17.2 Å². The van der Waals surface area contributed by atoms with Gasteiger partial charge in [0.1, 0.15) is 11.6 Å². The molecule has 0 aliphatic carbocycles. The molecule has 4 nitrogen and oxygen atoms in total. The molecule has 0 unspecified atom stereocenters. The van der Waals surface area contributed by atoms with Crippen LogP contribution in [-0.4, -0.2) is 16.8 Å². The van der Waals surface area contributed by atoms with Crippen molar-refractivity contribution in [3.05, 3.63) is 106 Å². The van der Waals surface area contributed by atoms with Crippen LogP contribution in [0.15, 0.2) is 78.4 Å². The minimum absolute atomic E-state index is 0.177. The van der Waals surface area contributed by atoms with Gasteiger partial charge in [-0.05, 0) is 42.8 Å². The number of anilines is 1. The summed E-state index contributed by atoms with van der Waals surface area (Å²) < 4.78 is 53.4. The van der Waals surface area contributed by atoms with Crippen molar-refractivity contribution in [1.29, 1.82) is 0 Å². The van der Waals surface area contributed by atoms with Crippen molar-refractivity contribution in [3.8, 4) is 0 Å². The smallest absolute Gasteiger partial charge is 0.416 e. The molecule has 1 heterocycles. The van der Waals surface area contributed by atoms with Crippen LogP contribution in [0.25, 0.3) is 5.76 Å². The second-order valence-electron chi connectivity index (χ2n) is 7.63. The number of rotatable bonds is 3. The number of nitrogens with zero attached hydrogens (tertiary/aromatic N) is 1. The number of hydrogen-bond acceptors (Lipinski definition) is 3. The molecule has 1 atom stereocenters. The van der Waals surface area contributed by atoms with Crippen LogP contribution in [0.3, 0.4) is 0 Å². The molecule has 0 aromatic heterocycles.